The Labute approximate surface area is 118 Å². The molecule has 1 amide bonds. The Hall–Kier alpha value is -2.10. The molecule has 4 heteroatoms. The van der Waals surface area contributed by atoms with Crippen LogP contribution in [-0.2, 0) is 4.79 Å². The smallest absolute Gasteiger partial charge is 0.223 e. The molecular weight excluding hydrogens is 250 g/mol. The van der Waals surface area contributed by atoms with Gasteiger partial charge in [0.2, 0.25) is 5.91 Å². The monoisotopic (exact) mass is 269 g/mol. The molecule has 3 rings (SSSR count). The molecule has 1 heterocycles. The van der Waals surface area contributed by atoms with Gasteiger partial charge in [-0.05, 0) is 37.0 Å². The summed E-state index contributed by atoms with van der Waals surface area (Å²) in [5.41, 5.74) is 2.19. The normalized spacial score (nSPS) is 22.3. The summed E-state index contributed by atoms with van der Waals surface area (Å²) < 4.78 is 1.96. The summed E-state index contributed by atoms with van der Waals surface area (Å²) >= 11 is 0. The lowest BCUT2D eigenvalue weighted by Crippen LogP contribution is -2.28. The molecule has 1 aliphatic carbocycles. The van der Waals surface area contributed by atoms with Crippen LogP contribution in [0.1, 0.15) is 31.9 Å². The number of nitrogens with one attached hydrogen (secondary N) is 1. The highest BCUT2D eigenvalue weighted by atomic mass is 16.2. The predicted octanol–water partition coefficient (Wildman–Crippen LogP) is 2.71. The van der Waals surface area contributed by atoms with Crippen molar-refractivity contribution in [3.05, 3.63) is 48.5 Å². The standard InChI is InChI=1S/C16H19N3O/c1-11-9-15(11)16(20)18-12(2)13-3-5-14(6-4-13)19-8-7-17-10-19/h3-8,10-12,15H,9H2,1-2H3,(H,18,20). The molecule has 1 aliphatic rings. The van der Waals surface area contributed by atoms with Gasteiger partial charge in [-0.1, -0.05) is 19.1 Å². The Morgan fingerprint density at radius 1 is 1.40 bits per heavy atom. The van der Waals surface area contributed by atoms with E-state index in [1.807, 2.05) is 29.8 Å². The molecule has 0 spiro atoms. The minimum atomic E-state index is 0.0483. The van der Waals surface area contributed by atoms with E-state index in [0.29, 0.717) is 5.92 Å². The number of benzene rings is 1. The van der Waals surface area contributed by atoms with Crippen LogP contribution in [0.25, 0.3) is 5.69 Å². The van der Waals surface area contributed by atoms with E-state index >= 15 is 0 Å². The third-order valence-electron chi connectivity index (χ3n) is 4.00. The van der Waals surface area contributed by atoms with Crippen LogP contribution >= 0.6 is 0 Å². The topological polar surface area (TPSA) is 46.9 Å². The number of amides is 1. The second kappa shape index (κ2) is 5.12. The van der Waals surface area contributed by atoms with E-state index in [9.17, 15) is 4.79 Å². The van der Waals surface area contributed by atoms with Crippen molar-refractivity contribution in [3.8, 4) is 5.69 Å². The molecule has 1 fully saturated rings. The van der Waals surface area contributed by atoms with Crippen LogP contribution in [0.4, 0.5) is 0 Å². The van der Waals surface area contributed by atoms with E-state index in [4.69, 9.17) is 0 Å². The molecular formula is C16H19N3O. The van der Waals surface area contributed by atoms with Crippen LogP contribution in [0.2, 0.25) is 0 Å². The third kappa shape index (κ3) is 2.59. The summed E-state index contributed by atoms with van der Waals surface area (Å²) in [5.74, 6) is 0.956. The van der Waals surface area contributed by atoms with Gasteiger partial charge in [-0.25, -0.2) is 4.98 Å². The maximum atomic E-state index is 11.9. The summed E-state index contributed by atoms with van der Waals surface area (Å²) in [7, 11) is 0. The fourth-order valence-corrected chi connectivity index (χ4v) is 2.44. The molecule has 1 aromatic heterocycles. The van der Waals surface area contributed by atoms with Crippen molar-refractivity contribution < 1.29 is 4.79 Å². The van der Waals surface area contributed by atoms with Crippen LogP contribution in [0.3, 0.4) is 0 Å². The minimum absolute atomic E-state index is 0.0483. The minimum Gasteiger partial charge on any atom is -0.349 e. The number of nitrogens with zero attached hydrogens (tertiary/aromatic N) is 2. The number of imidazole rings is 1. The van der Waals surface area contributed by atoms with Crippen LogP contribution in [-0.4, -0.2) is 15.5 Å². The van der Waals surface area contributed by atoms with Gasteiger partial charge in [0.05, 0.1) is 12.4 Å². The summed E-state index contributed by atoms with van der Waals surface area (Å²) in [6, 6.07) is 8.23. The van der Waals surface area contributed by atoms with Crippen LogP contribution in [0.15, 0.2) is 43.0 Å². The van der Waals surface area contributed by atoms with Crippen molar-refractivity contribution in [3.63, 3.8) is 0 Å². The molecule has 4 nitrogen and oxygen atoms in total. The zero-order chi connectivity index (χ0) is 14.1. The summed E-state index contributed by atoms with van der Waals surface area (Å²) in [5, 5.41) is 3.08. The first-order valence-electron chi connectivity index (χ1n) is 7.04. The molecule has 0 radical (unpaired) electrons. The molecule has 0 aliphatic heterocycles. The highest BCUT2D eigenvalue weighted by molar-refractivity contribution is 5.81. The Morgan fingerprint density at radius 2 is 2.10 bits per heavy atom. The number of rotatable bonds is 4. The Morgan fingerprint density at radius 3 is 2.65 bits per heavy atom. The maximum absolute atomic E-state index is 11.9. The Balaban J connectivity index is 1.66. The van der Waals surface area contributed by atoms with Gasteiger partial charge >= 0.3 is 0 Å². The van der Waals surface area contributed by atoms with Crippen molar-refractivity contribution in [2.45, 2.75) is 26.3 Å². The largest absolute Gasteiger partial charge is 0.349 e. The number of carbonyl (C=O) groups excluding carboxylic acids is 1. The fourth-order valence-electron chi connectivity index (χ4n) is 2.44. The lowest BCUT2D eigenvalue weighted by atomic mass is 10.1. The van der Waals surface area contributed by atoms with Gasteiger partial charge in [-0.15, -0.1) is 0 Å². The van der Waals surface area contributed by atoms with E-state index in [-0.39, 0.29) is 17.9 Å². The SMILES string of the molecule is CC(NC(=O)C1CC1C)c1ccc(-n2ccnc2)cc1. The first-order valence-corrected chi connectivity index (χ1v) is 7.04. The van der Waals surface area contributed by atoms with E-state index in [0.717, 1.165) is 17.7 Å². The van der Waals surface area contributed by atoms with Gasteiger partial charge in [-0.2, -0.15) is 0 Å². The van der Waals surface area contributed by atoms with Gasteiger partial charge < -0.3 is 9.88 Å². The maximum Gasteiger partial charge on any atom is 0.223 e. The number of carbonyl (C=O) groups is 1. The van der Waals surface area contributed by atoms with Gasteiger partial charge in [0.15, 0.2) is 0 Å². The molecule has 2 aromatic rings. The molecule has 3 unspecified atom stereocenters. The van der Waals surface area contributed by atoms with Crippen LogP contribution in [0, 0.1) is 11.8 Å². The Bertz CT molecular complexity index is 589. The average Bonchev–Trinajstić information content (AvgIpc) is 2.97. The van der Waals surface area contributed by atoms with Crippen molar-refractivity contribution in [2.75, 3.05) is 0 Å². The first-order chi connectivity index (χ1) is 9.65. The van der Waals surface area contributed by atoms with Crippen molar-refractivity contribution in [1.29, 1.82) is 0 Å². The number of hydrogen-bond donors (Lipinski definition) is 1. The van der Waals surface area contributed by atoms with Crippen LogP contribution < -0.4 is 5.32 Å². The zero-order valence-corrected chi connectivity index (χ0v) is 11.8. The molecule has 0 bridgehead atoms. The van der Waals surface area contributed by atoms with E-state index < -0.39 is 0 Å². The molecule has 104 valence electrons. The number of hydrogen-bond acceptors (Lipinski definition) is 2. The highest BCUT2D eigenvalue weighted by Gasteiger charge is 2.39. The van der Waals surface area contributed by atoms with Crippen molar-refractivity contribution in [1.82, 2.24) is 14.9 Å². The fraction of sp³-hybridized carbons (Fsp3) is 0.375. The lowest BCUT2D eigenvalue weighted by Gasteiger charge is -2.15. The van der Waals surface area contributed by atoms with E-state index in [1.54, 1.807) is 12.5 Å². The zero-order valence-electron chi connectivity index (χ0n) is 11.8. The van der Waals surface area contributed by atoms with E-state index in [1.165, 1.54) is 0 Å². The second-order valence-electron chi connectivity index (χ2n) is 5.61. The second-order valence-corrected chi connectivity index (χ2v) is 5.61. The summed E-state index contributed by atoms with van der Waals surface area (Å²) in [4.78, 5) is 16.0. The molecule has 3 atom stereocenters. The lowest BCUT2D eigenvalue weighted by molar-refractivity contribution is -0.123. The third-order valence-corrected chi connectivity index (χ3v) is 4.00. The summed E-state index contributed by atoms with van der Waals surface area (Å²) in [6.07, 6.45) is 6.47. The van der Waals surface area contributed by atoms with Gasteiger partial charge in [-0.3, -0.25) is 4.79 Å². The highest BCUT2D eigenvalue weighted by Crippen LogP contribution is 2.38. The quantitative estimate of drug-likeness (QED) is 0.927. The van der Waals surface area contributed by atoms with Crippen LogP contribution in [0.5, 0.6) is 0 Å². The van der Waals surface area contributed by atoms with Gasteiger partial charge in [0, 0.05) is 24.0 Å². The van der Waals surface area contributed by atoms with Gasteiger partial charge in [0.25, 0.3) is 0 Å². The first kappa shape index (κ1) is 12.9. The molecule has 1 N–H and O–H groups in total. The molecule has 20 heavy (non-hydrogen) atoms. The number of aromatic nitrogens is 2. The van der Waals surface area contributed by atoms with Gasteiger partial charge in [0.1, 0.15) is 0 Å². The molecule has 0 saturated heterocycles. The van der Waals surface area contributed by atoms with Crippen molar-refractivity contribution >= 4 is 5.91 Å². The van der Waals surface area contributed by atoms with Crippen molar-refractivity contribution in [2.24, 2.45) is 11.8 Å². The average molecular weight is 269 g/mol. The summed E-state index contributed by atoms with van der Waals surface area (Å²) in [6.45, 7) is 4.14. The van der Waals surface area contributed by atoms with E-state index in [2.05, 4.69) is 29.4 Å². The Kier molecular flexibility index (Phi) is 3.30. The predicted molar refractivity (Wildman–Crippen MR) is 77.4 cm³/mol. The molecule has 1 saturated carbocycles. The molecule has 1 aromatic carbocycles.